The molecule has 0 saturated carbocycles. The molecule has 3 rings (SSSR count). The average Bonchev–Trinajstić information content (AvgIpc) is 2.99. The van der Waals surface area contributed by atoms with Gasteiger partial charge in [0, 0.05) is 9.75 Å². The van der Waals surface area contributed by atoms with E-state index in [1.807, 2.05) is 13.0 Å². The number of aryl methyl sites for hydroxylation is 1. The summed E-state index contributed by atoms with van der Waals surface area (Å²) in [6.45, 7) is 8.15. The fraction of sp³-hybridized carbons (Fsp3) is 0.222. The van der Waals surface area contributed by atoms with Crippen LogP contribution in [0.25, 0.3) is 11.1 Å². The van der Waals surface area contributed by atoms with Crippen LogP contribution < -0.4 is 0 Å². The molecule has 102 valence electrons. The van der Waals surface area contributed by atoms with Crippen molar-refractivity contribution in [3.63, 3.8) is 0 Å². The molecule has 1 aromatic heterocycles. The molecule has 2 aromatic rings. The van der Waals surface area contributed by atoms with Crippen LogP contribution in [0.3, 0.4) is 0 Å². The lowest BCUT2D eigenvalue weighted by atomic mass is 9.94. The quantitative estimate of drug-likeness (QED) is 0.657. The molecule has 0 nitrogen and oxygen atoms in total. The van der Waals surface area contributed by atoms with Gasteiger partial charge in [0.15, 0.2) is 0 Å². The van der Waals surface area contributed by atoms with Crippen molar-refractivity contribution in [1.82, 2.24) is 0 Å². The number of hydrogen-bond donors (Lipinski definition) is 0. The van der Waals surface area contributed by atoms with E-state index in [1.54, 1.807) is 17.4 Å². The maximum atomic E-state index is 13.8. The zero-order chi connectivity index (χ0) is 14.3. The topological polar surface area (TPSA) is 0 Å². The Labute approximate surface area is 123 Å². The third-order valence-electron chi connectivity index (χ3n) is 3.91. The monoisotopic (exact) mass is 284 g/mol. The molecule has 1 aromatic carbocycles. The lowest BCUT2D eigenvalue weighted by molar-refractivity contribution is 0.618. The smallest absolute Gasteiger partial charge is 0.126 e. The van der Waals surface area contributed by atoms with Crippen LogP contribution in [0.15, 0.2) is 42.5 Å². The van der Waals surface area contributed by atoms with Gasteiger partial charge in [-0.3, -0.25) is 0 Å². The van der Waals surface area contributed by atoms with E-state index in [0.29, 0.717) is 0 Å². The first-order valence-corrected chi connectivity index (χ1v) is 7.63. The molecule has 0 amide bonds. The van der Waals surface area contributed by atoms with Crippen LogP contribution >= 0.6 is 11.3 Å². The van der Waals surface area contributed by atoms with Gasteiger partial charge in [-0.2, -0.15) is 0 Å². The molecule has 0 spiro atoms. The van der Waals surface area contributed by atoms with E-state index in [4.69, 9.17) is 0 Å². The minimum atomic E-state index is -0.142. The Hall–Kier alpha value is -1.67. The van der Waals surface area contributed by atoms with Gasteiger partial charge in [-0.25, -0.2) is 4.39 Å². The second-order valence-corrected chi connectivity index (χ2v) is 6.57. The Morgan fingerprint density at radius 1 is 1.10 bits per heavy atom. The van der Waals surface area contributed by atoms with Crippen molar-refractivity contribution in [2.45, 2.75) is 26.7 Å². The molecular formula is C18H17FS. The Bertz CT molecular complexity index is 719. The van der Waals surface area contributed by atoms with Crippen LogP contribution in [0.5, 0.6) is 0 Å². The van der Waals surface area contributed by atoms with E-state index < -0.39 is 0 Å². The van der Waals surface area contributed by atoms with Crippen molar-refractivity contribution in [1.29, 1.82) is 0 Å². The van der Waals surface area contributed by atoms with Crippen molar-refractivity contribution in [2.24, 2.45) is 0 Å². The van der Waals surface area contributed by atoms with Gasteiger partial charge >= 0.3 is 0 Å². The Morgan fingerprint density at radius 3 is 2.60 bits per heavy atom. The fourth-order valence-electron chi connectivity index (χ4n) is 2.81. The number of benzene rings is 1. The first-order chi connectivity index (χ1) is 9.58. The number of thiophene rings is 1. The molecule has 20 heavy (non-hydrogen) atoms. The van der Waals surface area contributed by atoms with Gasteiger partial charge in [-0.1, -0.05) is 18.7 Å². The molecule has 0 saturated heterocycles. The maximum Gasteiger partial charge on any atom is 0.126 e. The van der Waals surface area contributed by atoms with Crippen LogP contribution in [-0.2, 0) is 0 Å². The summed E-state index contributed by atoms with van der Waals surface area (Å²) >= 11 is 1.80. The van der Waals surface area contributed by atoms with Gasteiger partial charge in [0.05, 0.1) is 0 Å². The zero-order valence-electron chi connectivity index (χ0n) is 11.8. The highest BCUT2D eigenvalue weighted by atomic mass is 32.1. The van der Waals surface area contributed by atoms with Crippen molar-refractivity contribution in [3.05, 3.63) is 69.2 Å². The van der Waals surface area contributed by atoms with E-state index in [2.05, 4.69) is 25.6 Å². The molecule has 1 aliphatic rings. The van der Waals surface area contributed by atoms with Gasteiger partial charge < -0.3 is 0 Å². The van der Waals surface area contributed by atoms with E-state index in [1.165, 1.54) is 21.4 Å². The molecule has 0 unspecified atom stereocenters. The fourth-order valence-corrected chi connectivity index (χ4v) is 3.76. The highest BCUT2D eigenvalue weighted by Gasteiger charge is 2.23. The van der Waals surface area contributed by atoms with Crippen molar-refractivity contribution in [2.75, 3.05) is 0 Å². The Morgan fingerprint density at radius 2 is 1.90 bits per heavy atom. The summed E-state index contributed by atoms with van der Waals surface area (Å²) in [4.78, 5) is 2.60. The van der Waals surface area contributed by atoms with Gasteiger partial charge in [0.2, 0.25) is 0 Å². The van der Waals surface area contributed by atoms with Gasteiger partial charge in [-0.05, 0) is 72.7 Å². The molecular weight excluding hydrogens is 267 g/mol. The summed E-state index contributed by atoms with van der Waals surface area (Å²) in [5.74, 6) is -0.142. The second kappa shape index (κ2) is 5.02. The minimum Gasteiger partial charge on any atom is -0.207 e. The van der Waals surface area contributed by atoms with Crippen molar-refractivity contribution >= 4 is 22.5 Å². The standard InChI is InChI=1S/C18H17FS/c1-11-7-9-15(17-10-8-12(2)20-17)18(11)14-5-4-6-16(19)13(14)3/h4-6,8,10H,1,7,9H2,2-3H3. The molecule has 0 bridgehead atoms. The summed E-state index contributed by atoms with van der Waals surface area (Å²) in [5.41, 5.74) is 5.32. The van der Waals surface area contributed by atoms with Crippen LogP contribution in [0.1, 0.15) is 33.7 Å². The van der Waals surface area contributed by atoms with Gasteiger partial charge in [0.1, 0.15) is 5.82 Å². The Kier molecular flexibility index (Phi) is 3.35. The van der Waals surface area contributed by atoms with E-state index in [0.717, 1.165) is 35.1 Å². The maximum absolute atomic E-state index is 13.8. The number of halogens is 1. The van der Waals surface area contributed by atoms with Crippen molar-refractivity contribution in [3.8, 4) is 0 Å². The van der Waals surface area contributed by atoms with Gasteiger partial charge in [0.25, 0.3) is 0 Å². The first kappa shape index (κ1) is 13.3. The predicted molar refractivity (Wildman–Crippen MR) is 85.4 cm³/mol. The molecule has 0 N–H and O–H groups in total. The lowest BCUT2D eigenvalue weighted by Crippen LogP contribution is -1.93. The van der Waals surface area contributed by atoms with Crippen molar-refractivity contribution < 1.29 is 4.39 Å². The summed E-state index contributed by atoms with van der Waals surface area (Å²) in [5, 5.41) is 0. The molecule has 0 aliphatic heterocycles. The molecule has 1 heterocycles. The van der Waals surface area contributed by atoms with Gasteiger partial charge in [-0.15, -0.1) is 11.3 Å². The average molecular weight is 284 g/mol. The summed E-state index contributed by atoms with van der Waals surface area (Å²) in [6, 6.07) is 9.62. The normalized spacial score (nSPS) is 15.2. The van der Waals surface area contributed by atoms with Crippen LogP contribution in [0.4, 0.5) is 4.39 Å². The second-order valence-electron chi connectivity index (χ2n) is 5.28. The largest absolute Gasteiger partial charge is 0.207 e. The molecule has 2 heteroatoms. The van der Waals surface area contributed by atoms with Crippen LogP contribution in [-0.4, -0.2) is 0 Å². The summed E-state index contributed by atoms with van der Waals surface area (Å²) in [7, 11) is 0. The SMILES string of the molecule is C=C1CCC(c2ccc(C)s2)=C1c1cccc(F)c1C. The molecule has 0 fully saturated rings. The Balaban J connectivity index is 2.21. The molecule has 1 aliphatic carbocycles. The summed E-state index contributed by atoms with van der Waals surface area (Å²) in [6.07, 6.45) is 1.97. The minimum absolute atomic E-state index is 0.142. The van der Waals surface area contributed by atoms with E-state index in [9.17, 15) is 4.39 Å². The molecule has 0 atom stereocenters. The first-order valence-electron chi connectivity index (χ1n) is 6.81. The zero-order valence-corrected chi connectivity index (χ0v) is 12.6. The lowest BCUT2D eigenvalue weighted by Gasteiger charge is -2.11. The third kappa shape index (κ3) is 2.14. The third-order valence-corrected chi connectivity index (χ3v) is 4.97. The van der Waals surface area contributed by atoms with E-state index >= 15 is 0 Å². The molecule has 0 radical (unpaired) electrons. The number of allylic oxidation sites excluding steroid dienone is 3. The highest BCUT2D eigenvalue weighted by molar-refractivity contribution is 7.13. The highest BCUT2D eigenvalue weighted by Crippen LogP contribution is 2.45. The predicted octanol–water partition coefficient (Wildman–Crippen LogP) is 5.76. The van der Waals surface area contributed by atoms with Crippen LogP contribution in [0, 0.1) is 19.7 Å². The van der Waals surface area contributed by atoms with Crippen LogP contribution in [0.2, 0.25) is 0 Å². The summed E-state index contributed by atoms with van der Waals surface area (Å²) < 4.78 is 13.8. The number of hydrogen-bond acceptors (Lipinski definition) is 1. The van der Waals surface area contributed by atoms with E-state index in [-0.39, 0.29) is 5.82 Å². The number of rotatable bonds is 2.